The van der Waals surface area contributed by atoms with Crippen LogP contribution < -0.4 is 10.6 Å². The molecular formula is C12H25ClN2O. The second-order valence-electron chi connectivity index (χ2n) is 4.51. The second kappa shape index (κ2) is 7.91. The van der Waals surface area contributed by atoms with E-state index in [2.05, 4.69) is 31.4 Å². The summed E-state index contributed by atoms with van der Waals surface area (Å²) in [6.45, 7) is 7.39. The Bertz CT molecular complexity index is 207. The van der Waals surface area contributed by atoms with E-state index in [1.54, 1.807) is 0 Å². The molecule has 0 bridgehead atoms. The zero-order valence-corrected chi connectivity index (χ0v) is 11.4. The Balaban J connectivity index is 0.00000225. The molecule has 3 nitrogen and oxygen atoms in total. The third kappa shape index (κ3) is 4.30. The van der Waals surface area contributed by atoms with Crippen molar-refractivity contribution in [3.63, 3.8) is 0 Å². The van der Waals surface area contributed by atoms with Crippen molar-refractivity contribution < 1.29 is 4.79 Å². The van der Waals surface area contributed by atoms with Gasteiger partial charge in [-0.1, -0.05) is 13.8 Å². The van der Waals surface area contributed by atoms with Crippen molar-refractivity contribution >= 4 is 18.3 Å². The Labute approximate surface area is 105 Å². The molecule has 0 spiro atoms. The maximum atomic E-state index is 11.9. The van der Waals surface area contributed by atoms with Gasteiger partial charge in [-0.25, -0.2) is 0 Å². The molecule has 0 aromatic rings. The van der Waals surface area contributed by atoms with Crippen LogP contribution in [0.1, 0.15) is 46.5 Å². The molecule has 1 amide bonds. The monoisotopic (exact) mass is 248 g/mol. The molecule has 0 aromatic carbocycles. The molecule has 1 saturated heterocycles. The van der Waals surface area contributed by atoms with Gasteiger partial charge < -0.3 is 10.6 Å². The van der Waals surface area contributed by atoms with Crippen LogP contribution in [0.4, 0.5) is 0 Å². The van der Waals surface area contributed by atoms with Crippen LogP contribution >= 0.6 is 12.4 Å². The number of rotatable bonds is 4. The van der Waals surface area contributed by atoms with E-state index in [1.165, 1.54) is 0 Å². The molecule has 1 heterocycles. The Morgan fingerprint density at radius 2 is 2.06 bits per heavy atom. The van der Waals surface area contributed by atoms with Crippen molar-refractivity contribution in [3.8, 4) is 0 Å². The summed E-state index contributed by atoms with van der Waals surface area (Å²) in [5, 5.41) is 6.57. The number of carbonyl (C=O) groups is 1. The lowest BCUT2D eigenvalue weighted by molar-refractivity contribution is -0.126. The van der Waals surface area contributed by atoms with Gasteiger partial charge >= 0.3 is 0 Å². The Morgan fingerprint density at radius 3 is 2.56 bits per heavy atom. The fourth-order valence-electron chi connectivity index (χ4n) is 2.20. The molecule has 96 valence electrons. The number of halogens is 1. The van der Waals surface area contributed by atoms with Gasteiger partial charge in [-0.15, -0.1) is 12.4 Å². The number of nitrogens with one attached hydrogen (secondary N) is 2. The molecule has 1 fully saturated rings. The summed E-state index contributed by atoms with van der Waals surface area (Å²) < 4.78 is 0. The molecule has 0 aromatic heterocycles. The second-order valence-corrected chi connectivity index (χ2v) is 4.51. The SMILES string of the molecule is CCC(CC)C(=O)NC1CCCNC1C.Cl. The van der Waals surface area contributed by atoms with Gasteiger partial charge in [0.15, 0.2) is 0 Å². The van der Waals surface area contributed by atoms with Crippen LogP contribution in [0.15, 0.2) is 0 Å². The van der Waals surface area contributed by atoms with Gasteiger partial charge in [0.2, 0.25) is 5.91 Å². The number of hydrogen-bond donors (Lipinski definition) is 2. The van der Waals surface area contributed by atoms with Crippen LogP contribution in [-0.2, 0) is 4.79 Å². The molecule has 2 N–H and O–H groups in total. The lowest BCUT2D eigenvalue weighted by atomic mass is 9.97. The Morgan fingerprint density at radius 1 is 1.44 bits per heavy atom. The van der Waals surface area contributed by atoms with E-state index in [4.69, 9.17) is 0 Å². The topological polar surface area (TPSA) is 41.1 Å². The highest BCUT2D eigenvalue weighted by Crippen LogP contribution is 2.12. The highest BCUT2D eigenvalue weighted by Gasteiger charge is 2.24. The highest BCUT2D eigenvalue weighted by molar-refractivity contribution is 5.85. The van der Waals surface area contributed by atoms with E-state index in [1.807, 2.05) is 0 Å². The van der Waals surface area contributed by atoms with Crippen LogP contribution in [0.2, 0.25) is 0 Å². The first kappa shape index (κ1) is 15.7. The minimum atomic E-state index is 0. The van der Waals surface area contributed by atoms with Gasteiger partial charge in [0.05, 0.1) is 0 Å². The average molecular weight is 249 g/mol. The van der Waals surface area contributed by atoms with Crippen LogP contribution in [-0.4, -0.2) is 24.5 Å². The predicted molar refractivity (Wildman–Crippen MR) is 69.9 cm³/mol. The Hall–Kier alpha value is -0.280. The molecule has 0 aliphatic carbocycles. The number of piperidine rings is 1. The smallest absolute Gasteiger partial charge is 0.223 e. The lowest BCUT2D eigenvalue weighted by Gasteiger charge is -2.31. The normalized spacial score (nSPS) is 25.0. The molecule has 0 radical (unpaired) electrons. The van der Waals surface area contributed by atoms with E-state index in [-0.39, 0.29) is 24.2 Å². The first-order chi connectivity index (χ1) is 7.19. The third-order valence-electron chi connectivity index (χ3n) is 3.45. The summed E-state index contributed by atoms with van der Waals surface area (Å²) in [6, 6.07) is 0.740. The van der Waals surface area contributed by atoms with Crippen LogP contribution in [0.5, 0.6) is 0 Å². The summed E-state index contributed by atoms with van der Waals surface area (Å²) in [7, 11) is 0. The van der Waals surface area contributed by atoms with Crippen molar-refractivity contribution in [3.05, 3.63) is 0 Å². The zero-order valence-electron chi connectivity index (χ0n) is 10.6. The zero-order chi connectivity index (χ0) is 11.3. The third-order valence-corrected chi connectivity index (χ3v) is 3.45. The first-order valence-corrected chi connectivity index (χ1v) is 6.22. The van der Waals surface area contributed by atoms with E-state index in [9.17, 15) is 4.79 Å². The Kier molecular flexibility index (Phi) is 7.77. The van der Waals surface area contributed by atoms with E-state index in [0.717, 1.165) is 32.2 Å². The fraction of sp³-hybridized carbons (Fsp3) is 0.917. The van der Waals surface area contributed by atoms with Crippen molar-refractivity contribution in [2.24, 2.45) is 5.92 Å². The highest BCUT2D eigenvalue weighted by atomic mass is 35.5. The van der Waals surface area contributed by atoms with Crippen LogP contribution in [0.3, 0.4) is 0 Å². The maximum Gasteiger partial charge on any atom is 0.223 e. The maximum absolute atomic E-state index is 11.9. The van der Waals surface area contributed by atoms with Crippen molar-refractivity contribution in [1.82, 2.24) is 10.6 Å². The van der Waals surface area contributed by atoms with E-state index < -0.39 is 0 Å². The molecule has 2 unspecified atom stereocenters. The fourth-order valence-corrected chi connectivity index (χ4v) is 2.20. The van der Waals surface area contributed by atoms with Crippen molar-refractivity contribution in [2.75, 3.05) is 6.54 Å². The van der Waals surface area contributed by atoms with Crippen molar-refractivity contribution in [2.45, 2.75) is 58.5 Å². The van der Waals surface area contributed by atoms with Crippen LogP contribution in [0, 0.1) is 5.92 Å². The van der Waals surface area contributed by atoms with Crippen molar-refractivity contribution in [1.29, 1.82) is 0 Å². The van der Waals surface area contributed by atoms with Gasteiger partial charge in [-0.3, -0.25) is 4.79 Å². The summed E-state index contributed by atoms with van der Waals surface area (Å²) in [4.78, 5) is 11.9. The number of amides is 1. The summed E-state index contributed by atoms with van der Waals surface area (Å²) in [5.74, 6) is 0.430. The van der Waals surface area contributed by atoms with Gasteiger partial charge in [0, 0.05) is 18.0 Å². The predicted octanol–water partition coefficient (Wildman–Crippen LogP) is 2.10. The first-order valence-electron chi connectivity index (χ1n) is 6.22. The van der Waals surface area contributed by atoms with Crippen LogP contribution in [0.25, 0.3) is 0 Å². The molecule has 1 rings (SSSR count). The van der Waals surface area contributed by atoms with Gasteiger partial charge in [-0.2, -0.15) is 0 Å². The molecule has 1 aliphatic rings. The van der Waals surface area contributed by atoms with Gasteiger partial charge in [0.1, 0.15) is 0 Å². The molecule has 4 heteroatoms. The van der Waals surface area contributed by atoms with E-state index >= 15 is 0 Å². The summed E-state index contributed by atoms with van der Waals surface area (Å²) in [6.07, 6.45) is 4.16. The lowest BCUT2D eigenvalue weighted by Crippen LogP contribution is -2.53. The molecule has 2 atom stereocenters. The molecule has 16 heavy (non-hydrogen) atoms. The quantitative estimate of drug-likeness (QED) is 0.800. The molecular weight excluding hydrogens is 224 g/mol. The van der Waals surface area contributed by atoms with Gasteiger partial charge in [-0.05, 0) is 39.2 Å². The minimum absolute atomic E-state index is 0. The molecule has 0 saturated carbocycles. The average Bonchev–Trinajstić information content (AvgIpc) is 2.23. The largest absolute Gasteiger partial charge is 0.352 e. The standard InChI is InChI=1S/C12H24N2O.ClH/c1-4-10(5-2)12(15)14-11-7-6-8-13-9(11)3;/h9-11,13H,4-8H2,1-3H3,(H,14,15);1H. The summed E-state index contributed by atoms with van der Waals surface area (Å²) >= 11 is 0. The number of carbonyl (C=O) groups excluding carboxylic acids is 1. The number of hydrogen-bond acceptors (Lipinski definition) is 2. The summed E-state index contributed by atoms with van der Waals surface area (Å²) in [5.41, 5.74) is 0. The molecule has 1 aliphatic heterocycles. The van der Waals surface area contributed by atoms with E-state index in [0.29, 0.717) is 12.1 Å². The minimum Gasteiger partial charge on any atom is -0.352 e. The van der Waals surface area contributed by atoms with Gasteiger partial charge in [0.25, 0.3) is 0 Å².